The molecule has 0 bridgehead atoms. The van der Waals surface area contributed by atoms with Crippen molar-refractivity contribution in [2.24, 2.45) is 17.6 Å². The van der Waals surface area contributed by atoms with Gasteiger partial charge in [0, 0.05) is 6.04 Å². The first-order valence-electron chi connectivity index (χ1n) is 5.63. The Balaban J connectivity index is 2.87. The molecule has 0 aromatic heterocycles. The molecule has 2 nitrogen and oxygen atoms in total. The second kappa shape index (κ2) is 5.89. The van der Waals surface area contributed by atoms with E-state index < -0.39 is 0 Å². The second-order valence-electron chi connectivity index (χ2n) is 4.32. The summed E-state index contributed by atoms with van der Waals surface area (Å²) in [4.78, 5) is 0. The van der Waals surface area contributed by atoms with Crippen LogP contribution in [0.5, 0.6) is 0 Å². The lowest BCUT2D eigenvalue weighted by Gasteiger charge is -2.29. The Morgan fingerprint density at radius 3 is 2.20 bits per heavy atom. The van der Waals surface area contributed by atoms with Crippen LogP contribution in [0.25, 0.3) is 0 Å². The largest absolute Gasteiger partial charge is 0.330 e. The van der Waals surface area contributed by atoms with Crippen LogP contribution < -0.4 is 11.1 Å². The van der Waals surface area contributed by atoms with E-state index in [1.807, 2.05) is 13.1 Å². The second-order valence-corrected chi connectivity index (χ2v) is 4.32. The maximum atomic E-state index is 5.85. The quantitative estimate of drug-likeness (QED) is 0.775. The summed E-state index contributed by atoms with van der Waals surface area (Å²) in [6.45, 7) is 5.17. The van der Waals surface area contributed by atoms with Gasteiger partial charge in [0.15, 0.2) is 0 Å². The highest BCUT2D eigenvalue weighted by Gasteiger charge is 2.22. The Bertz CT molecular complexity index is 269. The van der Waals surface area contributed by atoms with Gasteiger partial charge >= 0.3 is 0 Å². The Hall–Kier alpha value is -0.860. The molecule has 3 N–H and O–H groups in total. The molecule has 0 saturated heterocycles. The minimum Gasteiger partial charge on any atom is -0.330 e. The van der Waals surface area contributed by atoms with E-state index >= 15 is 0 Å². The molecule has 2 unspecified atom stereocenters. The third kappa shape index (κ3) is 3.05. The fourth-order valence-electron chi connectivity index (χ4n) is 2.08. The minimum absolute atomic E-state index is 0.358. The van der Waals surface area contributed by atoms with Crippen LogP contribution in [0.4, 0.5) is 0 Å². The highest BCUT2D eigenvalue weighted by atomic mass is 14.9. The summed E-state index contributed by atoms with van der Waals surface area (Å²) in [6, 6.07) is 10.9. The molecule has 0 radical (unpaired) electrons. The molecular formula is C13H22N2. The molecular weight excluding hydrogens is 184 g/mol. The van der Waals surface area contributed by atoms with Gasteiger partial charge in [0.05, 0.1) is 0 Å². The van der Waals surface area contributed by atoms with Crippen LogP contribution in [0.2, 0.25) is 0 Å². The van der Waals surface area contributed by atoms with Crippen molar-refractivity contribution in [1.82, 2.24) is 5.32 Å². The first-order valence-corrected chi connectivity index (χ1v) is 5.63. The van der Waals surface area contributed by atoms with Gasteiger partial charge in [0.1, 0.15) is 0 Å². The van der Waals surface area contributed by atoms with Crippen LogP contribution in [0, 0.1) is 11.8 Å². The highest BCUT2D eigenvalue weighted by Crippen LogP contribution is 2.26. The number of rotatable bonds is 5. The number of hydrogen-bond acceptors (Lipinski definition) is 2. The number of hydrogen-bond donors (Lipinski definition) is 2. The van der Waals surface area contributed by atoms with Crippen LogP contribution in [0.3, 0.4) is 0 Å². The van der Waals surface area contributed by atoms with Crippen molar-refractivity contribution in [3.05, 3.63) is 35.9 Å². The summed E-state index contributed by atoms with van der Waals surface area (Å²) in [5.41, 5.74) is 7.17. The van der Waals surface area contributed by atoms with Gasteiger partial charge in [0.2, 0.25) is 0 Å². The molecule has 0 saturated carbocycles. The number of nitrogens with two attached hydrogens (primary N) is 1. The average molecular weight is 206 g/mol. The molecule has 2 heteroatoms. The molecule has 15 heavy (non-hydrogen) atoms. The summed E-state index contributed by atoms with van der Waals surface area (Å²) < 4.78 is 0. The van der Waals surface area contributed by atoms with Crippen LogP contribution in [0.1, 0.15) is 25.5 Å². The van der Waals surface area contributed by atoms with E-state index in [1.165, 1.54) is 5.56 Å². The first kappa shape index (κ1) is 12.2. The monoisotopic (exact) mass is 206 g/mol. The van der Waals surface area contributed by atoms with E-state index in [0.29, 0.717) is 17.9 Å². The lowest BCUT2D eigenvalue weighted by atomic mass is 9.84. The first-order chi connectivity index (χ1) is 7.20. The molecule has 0 spiro atoms. The van der Waals surface area contributed by atoms with Crippen LogP contribution in [0.15, 0.2) is 30.3 Å². The summed E-state index contributed by atoms with van der Waals surface area (Å²) in [5.74, 6) is 1.07. The Morgan fingerprint density at radius 1 is 1.20 bits per heavy atom. The fourth-order valence-corrected chi connectivity index (χ4v) is 2.08. The van der Waals surface area contributed by atoms with Gasteiger partial charge in [-0.25, -0.2) is 0 Å². The predicted octanol–water partition coefficient (Wildman–Crippen LogP) is 2.18. The van der Waals surface area contributed by atoms with Crippen molar-refractivity contribution in [1.29, 1.82) is 0 Å². The van der Waals surface area contributed by atoms with E-state index in [2.05, 4.69) is 43.4 Å². The topological polar surface area (TPSA) is 38.0 Å². The van der Waals surface area contributed by atoms with E-state index in [0.717, 1.165) is 6.54 Å². The Labute approximate surface area is 92.9 Å². The van der Waals surface area contributed by atoms with Gasteiger partial charge in [0.25, 0.3) is 0 Å². The molecule has 1 rings (SSSR count). The number of nitrogens with one attached hydrogen (secondary N) is 1. The van der Waals surface area contributed by atoms with Gasteiger partial charge in [-0.05, 0) is 31.0 Å². The summed E-state index contributed by atoms with van der Waals surface area (Å²) in [7, 11) is 2.00. The molecule has 84 valence electrons. The highest BCUT2D eigenvalue weighted by molar-refractivity contribution is 5.19. The van der Waals surface area contributed by atoms with Gasteiger partial charge in [-0.1, -0.05) is 44.2 Å². The SMILES string of the molecule is CNC(c1ccccc1)C(CN)C(C)C. The molecule has 1 aromatic rings. The zero-order valence-corrected chi connectivity index (χ0v) is 9.90. The van der Waals surface area contributed by atoms with Crippen LogP contribution >= 0.6 is 0 Å². The predicted molar refractivity (Wildman–Crippen MR) is 65.6 cm³/mol. The van der Waals surface area contributed by atoms with E-state index in [1.54, 1.807) is 0 Å². The molecule has 0 heterocycles. The zero-order chi connectivity index (χ0) is 11.3. The molecule has 0 aliphatic rings. The number of benzene rings is 1. The fraction of sp³-hybridized carbons (Fsp3) is 0.538. The van der Waals surface area contributed by atoms with Crippen molar-refractivity contribution in [2.45, 2.75) is 19.9 Å². The van der Waals surface area contributed by atoms with E-state index in [4.69, 9.17) is 5.73 Å². The summed E-state index contributed by atoms with van der Waals surface area (Å²) in [5, 5.41) is 3.37. The summed E-state index contributed by atoms with van der Waals surface area (Å²) >= 11 is 0. The lowest BCUT2D eigenvalue weighted by Crippen LogP contribution is -2.33. The van der Waals surface area contributed by atoms with Crippen LogP contribution in [-0.2, 0) is 0 Å². The molecule has 1 aromatic carbocycles. The van der Waals surface area contributed by atoms with E-state index in [-0.39, 0.29) is 0 Å². The van der Waals surface area contributed by atoms with Crippen molar-refractivity contribution in [3.8, 4) is 0 Å². The van der Waals surface area contributed by atoms with Crippen LogP contribution in [-0.4, -0.2) is 13.6 Å². The van der Waals surface area contributed by atoms with Crippen molar-refractivity contribution in [2.75, 3.05) is 13.6 Å². The zero-order valence-electron chi connectivity index (χ0n) is 9.90. The van der Waals surface area contributed by atoms with Crippen molar-refractivity contribution >= 4 is 0 Å². The lowest BCUT2D eigenvalue weighted by molar-refractivity contribution is 0.299. The van der Waals surface area contributed by atoms with Crippen molar-refractivity contribution in [3.63, 3.8) is 0 Å². The molecule has 0 amide bonds. The third-order valence-corrected chi connectivity index (χ3v) is 3.03. The molecule has 0 fully saturated rings. The molecule has 0 aliphatic heterocycles. The Morgan fingerprint density at radius 2 is 1.80 bits per heavy atom. The Kier molecular flexibility index (Phi) is 4.79. The molecule has 0 aliphatic carbocycles. The standard InChI is InChI=1S/C13H22N2/c1-10(2)12(9-14)13(15-3)11-7-5-4-6-8-11/h4-8,10,12-13,15H,9,14H2,1-3H3. The maximum Gasteiger partial charge on any atom is 0.0360 e. The van der Waals surface area contributed by atoms with Gasteiger partial charge in [-0.15, -0.1) is 0 Å². The minimum atomic E-state index is 0.358. The van der Waals surface area contributed by atoms with E-state index in [9.17, 15) is 0 Å². The molecule has 2 atom stereocenters. The van der Waals surface area contributed by atoms with Crippen molar-refractivity contribution < 1.29 is 0 Å². The van der Waals surface area contributed by atoms with Gasteiger partial charge in [-0.3, -0.25) is 0 Å². The normalized spacial score (nSPS) is 15.3. The average Bonchev–Trinajstić information content (AvgIpc) is 2.26. The maximum absolute atomic E-state index is 5.85. The summed E-state index contributed by atoms with van der Waals surface area (Å²) in [6.07, 6.45) is 0. The van der Waals surface area contributed by atoms with Gasteiger partial charge < -0.3 is 11.1 Å². The van der Waals surface area contributed by atoms with Gasteiger partial charge in [-0.2, -0.15) is 0 Å². The third-order valence-electron chi connectivity index (χ3n) is 3.03. The smallest absolute Gasteiger partial charge is 0.0360 e.